The Morgan fingerprint density at radius 1 is 0.971 bits per heavy atom. The fourth-order valence-electron chi connectivity index (χ4n) is 4.19. The Morgan fingerprint density at radius 2 is 1.68 bits per heavy atom. The number of hydrogen-bond donors (Lipinski definition) is 1. The van der Waals surface area contributed by atoms with Crippen molar-refractivity contribution >= 4 is 57.9 Å². The normalized spacial score (nSPS) is 11.2. The van der Waals surface area contributed by atoms with Gasteiger partial charge in [0, 0.05) is 0 Å². The van der Waals surface area contributed by atoms with E-state index < -0.39 is 16.9 Å². The molecule has 0 aliphatic heterocycles. The van der Waals surface area contributed by atoms with Crippen LogP contribution in [-0.2, 0) is 6.54 Å². The summed E-state index contributed by atoms with van der Waals surface area (Å²) in [4.78, 5) is 15.5. The number of nitrogens with zero attached hydrogens (tertiary/aromatic N) is 1. The molecule has 0 aliphatic rings. The minimum absolute atomic E-state index is 0.0278. The molecule has 0 radical (unpaired) electrons. The van der Waals surface area contributed by atoms with Crippen molar-refractivity contribution in [3.8, 4) is 22.3 Å². The molecule has 168 valence electrons. The summed E-state index contributed by atoms with van der Waals surface area (Å²) < 4.78 is 31.0. The van der Waals surface area contributed by atoms with E-state index in [-0.39, 0.29) is 22.8 Å². The fraction of sp³-hybridized carbons (Fsp3) is 0.0400. The number of carbonyl (C=O) groups is 1. The number of aromatic amines is 1. The van der Waals surface area contributed by atoms with Gasteiger partial charge < -0.3 is 0 Å². The number of hydrogen-bond acceptors (Lipinski definition) is 1. The molecule has 1 N–H and O–H groups in total. The van der Waals surface area contributed by atoms with Crippen LogP contribution in [0.4, 0.5) is 8.78 Å². The molecule has 0 spiro atoms. The van der Waals surface area contributed by atoms with Crippen LogP contribution >= 0.6 is 34.8 Å². The van der Waals surface area contributed by atoms with Crippen molar-refractivity contribution in [2.24, 2.45) is 0 Å². The topological polar surface area (TPSA) is 37.8 Å². The molecule has 2 heterocycles. The summed E-state index contributed by atoms with van der Waals surface area (Å²) in [6, 6.07) is 16.8. The monoisotopic (exact) mass is 512 g/mol. The fourth-order valence-corrected chi connectivity index (χ4v) is 4.70. The van der Waals surface area contributed by atoms with Gasteiger partial charge in [-0.15, -0.1) is 0 Å². The van der Waals surface area contributed by atoms with Gasteiger partial charge >= 0.3 is 210 Å². The summed E-state index contributed by atoms with van der Waals surface area (Å²) in [5.74, 6) is -1.52. The quantitative estimate of drug-likeness (QED) is 0.241. The molecule has 0 atom stereocenters. The van der Waals surface area contributed by atoms with E-state index in [4.69, 9.17) is 34.8 Å². The summed E-state index contributed by atoms with van der Waals surface area (Å²) in [6.07, 6.45) is 1.72. The zero-order valence-corrected chi connectivity index (χ0v) is 19.6. The van der Waals surface area contributed by atoms with E-state index in [0.717, 1.165) is 23.2 Å². The van der Waals surface area contributed by atoms with Gasteiger partial charge in [0.25, 0.3) is 0 Å². The van der Waals surface area contributed by atoms with Crippen molar-refractivity contribution in [3.63, 3.8) is 0 Å². The van der Waals surface area contributed by atoms with Gasteiger partial charge in [0.1, 0.15) is 0 Å². The van der Waals surface area contributed by atoms with E-state index in [1.165, 1.54) is 0 Å². The standard InChI is InChI=1S/C25H14BCl3F2N2O/c27-14-6-7-16-20(10-14)32-23(25(29)34)21(16)24-22(13-4-2-1-3-5-13)26-12-33(24)11-17-18(30)8-15(28)9-19(17)31/h1-10,12,32H,11H2. The Kier molecular flexibility index (Phi) is 6.06. The minimum atomic E-state index is -0.759. The average molecular weight is 514 g/mol. The zero-order chi connectivity index (χ0) is 24.0. The number of rotatable bonds is 5. The first kappa shape index (κ1) is 22.8. The number of halogens is 5. The average Bonchev–Trinajstić information content (AvgIpc) is 3.37. The molecule has 0 fully saturated rings. The second kappa shape index (κ2) is 9.03. The maximum absolute atomic E-state index is 14.7. The van der Waals surface area contributed by atoms with Gasteiger partial charge in [0.2, 0.25) is 0 Å². The molecule has 0 saturated carbocycles. The van der Waals surface area contributed by atoms with E-state index in [2.05, 4.69) is 4.98 Å². The van der Waals surface area contributed by atoms with E-state index in [0.29, 0.717) is 27.2 Å². The van der Waals surface area contributed by atoms with Crippen LogP contribution in [0.15, 0.2) is 66.8 Å². The molecule has 0 bridgehead atoms. The van der Waals surface area contributed by atoms with Gasteiger partial charge in [-0.1, -0.05) is 0 Å². The zero-order valence-electron chi connectivity index (χ0n) is 17.4. The molecular formula is C25H14BCl3F2N2O. The van der Waals surface area contributed by atoms with Gasteiger partial charge in [-0.05, 0) is 0 Å². The number of carbonyl (C=O) groups excluding carboxylic acids is 1. The third kappa shape index (κ3) is 4.07. The Balaban J connectivity index is 1.81. The van der Waals surface area contributed by atoms with Crippen LogP contribution in [0.1, 0.15) is 16.1 Å². The number of fused-ring (bicyclic) bond motifs is 1. The summed E-state index contributed by atoms with van der Waals surface area (Å²) in [5, 5.41) is 0.457. The molecule has 34 heavy (non-hydrogen) atoms. The van der Waals surface area contributed by atoms with Crippen LogP contribution in [0.2, 0.25) is 10.0 Å². The predicted octanol–water partition coefficient (Wildman–Crippen LogP) is 7.65. The van der Waals surface area contributed by atoms with E-state index in [1.807, 2.05) is 37.2 Å². The van der Waals surface area contributed by atoms with E-state index in [1.54, 1.807) is 28.9 Å². The molecule has 2 aromatic heterocycles. The molecule has 0 saturated heterocycles. The van der Waals surface area contributed by atoms with E-state index in [9.17, 15) is 13.6 Å². The summed E-state index contributed by atoms with van der Waals surface area (Å²) in [7, 11) is 0. The van der Waals surface area contributed by atoms with Gasteiger partial charge in [-0.3, -0.25) is 0 Å². The van der Waals surface area contributed by atoms with Crippen molar-refractivity contribution in [2.45, 2.75) is 6.54 Å². The van der Waals surface area contributed by atoms with E-state index >= 15 is 0 Å². The van der Waals surface area contributed by atoms with Crippen LogP contribution in [0.25, 0.3) is 33.2 Å². The first-order valence-corrected chi connectivity index (χ1v) is 11.4. The summed E-state index contributed by atoms with van der Waals surface area (Å²) in [6.45, 7) is 1.71. The molecule has 3 aromatic carbocycles. The first-order valence-electron chi connectivity index (χ1n) is 10.2. The molecule has 3 nitrogen and oxygen atoms in total. The first-order chi connectivity index (χ1) is 16.3. The van der Waals surface area contributed by atoms with Gasteiger partial charge in [0.05, 0.1) is 0 Å². The molecular weight excluding hydrogens is 499 g/mol. The van der Waals surface area contributed by atoms with Crippen LogP contribution in [0, 0.1) is 11.6 Å². The number of benzene rings is 3. The second-order valence-electron chi connectivity index (χ2n) is 7.76. The molecule has 0 aliphatic carbocycles. The second-order valence-corrected chi connectivity index (χ2v) is 8.97. The third-order valence-corrected chi connectivity index (χ3v) is 6.32. The molecule has 5 aromatic rings. The summed E-state index contributed by atoms with van der Waals surface area (Å²) >= 11 is 17.9. The van der Waals surface area contributed by atoms with Crippen LogP contribution in [-0.4, -0.2) is 21.7 Å². The third-order valence-electron chi connectivity index (χ3n) is 5.68. The molecule has 0 unspecified atom stereocenters. The maximum atomic E-state index is 14.7. The Hall–Kier alpha value is -2.93. The molecule has 5 rings (SSSR count). The number of nitrogens with one attached hydrogen (secondary N) is 1. The predicted molar refractivity (Wildman–Crippen MR) is 134 cm³/mol. The Morgan fingerprint density at radius 3 is 2.35 bits per heavy atom. The van der Waals surface area contributed by atoms with Crippen LogP contribution in [0.5, 0.6) is 0 Å². The van der Waals surface area contributed by atoms with Crippen molar-refractivity contribution in [1.82, 2.24) is 9.55 Å². The Bertz CT molecular complexity index is 1540. The van der Waals surface area contributed by atoms with Crippen molar-refractivity contribution in [3.05, 3.63) is 99.7 Å². The van der Waals surface area contributed by atoms with Crippen LogP contribution in [0.3, 0.4) is 0 Å². The summed E-state index contributed by atoms with van der Waals surface area (Å²) in [5.41, 5.74) is 3.36. The van der Waals surface area contributed by atoms with Crippen molar-refractivity contribution in [1.29, 1.82) is 0 Å². The SMILES string of the molecule is O=C(Cl)c1[nH]c2cc(Cl)ccc2c1-c1c(-c2ccccc2)bcn1Cc1c(F)cc(Cl)cc1F. The molecule has 0 amide bonds. The van der Waals surface area contributed by atoms with Crippen LogP contribution < -0.4 is 0 Å². The molecule has 9 heteroatoms. The van der Waals surface area contributed by atoms with Crippen molar-refractivity contribution < 1.29 is 13.6 Å². The number of aromatic nitrogens is 2. The van der Waals surface area contributed by atoms with Gasteiger partial charge in [-0.2, -0.15) is 0 Å². The number of H-pyrrole nitrogens is 1. The van der Waals surface area contributed by atoms with Gasteiger partial charge in [0.15, 0.2) is 0 Å². The van der Waals surface area contributed by atoms with Crippen molar-refractivity contribution in [2.75, 3.05) is 0 Å². The van der Waals surface area contributed by atoms with Gasteiger partial charge in [-0.25, -0.2) is 0 Å². The Labute approximate surface area is 209 Å².